The minimum absolute atomic E-state index is 0.00709. The molecule has 10 heteroatoms. The van der Waals surface area contributed by atoms with Crippen LogP contribution in [0.3, 0.4) is 0 Å². The number of ether oxygens (including phenoxy) is 1. The molecule has 0 bridgehead atoms. The molecule has 0 unspecified atom stereocenters. The smallest absolute Gasteiger partial charge is 0.294 e. The molecule has 1 fully saturated rings. The summed E-state index contributed by atoms with van der Waals surface area (Å²) in [5.74, 6) is -1.04. The molecule has 1 N–H and O–H groups in total. The van der Waals surface area contributed by atoms with E-state index in [9.17, 15) is 18.8 Å². The second kappa shape index (κ2) is 11.2. The van der Waals surface area contributed by atoms with Crippen molar-refractivity contribution in [3.63, 3.8) is 0 Å². The lowest BCUT2D eigenvalue weighted by atomic mass is 10.1. The first kappa shape index (κ1) is 25.2. The fourth-order valence-corrected chi connectivity index (χ4v) is 4.66. The number of amides is 3. The summed E-state index contributed by atoms with van der Waals surface area (Å²) in [5.41, 5.74) is 1.46. The van der Waals surface area contributed by atoms with Crippen molar-refractivity contribution in [2.24, 2.45) is 0 Å². The van der Waals surface area contributed by atoms with Gasteiger partial charge in [0.05, 0.1) is 4.91 Å². The Morgan fingerprint density at radius 2 is 1.74 bits per heavy atom. The van der Waals surface area contributed by atoms with E-state index in [1.165, 1.54) is 12.1 Å². The second-order valence-electron chi connectivity index (χ2n) is 7.39. The van der Waals surface area contributed by atoms with Crippen LogP contribution in [0, 0.1) is 5.82 Å². The van der Waals surface area contributed by atoms with Gasteiger partial charge in [-0.2, -0.15) is 0 Å². The molecule has 4 rings (SSSR count). The van der Waals surface area contributed by atoms with Gasteiger partial charge in [0.25, 0.3) is 11.1 Å². The third-order valence-electron chi connectivity index (χ3n) is 4.90. The molecule has 3 aromatic rings. The van der Waals surface area contributed by atoms with Crippen LogP contribution in [-0.2, 0) is 16.2 Å². The molecule has 3 aromatic carbocycles. The number of anilines is 1. The molecule has 6 nitrogen and oxygen atoms in total. The zero-order chi connectivity index (χ0) is 24.9. The number of hydrogen-bond acceptors (Lipinski definition) is 5. The van der Waals surface area contributed by atoms with Crippen LogP contribution in [0.5, 0.6) is 5.75 Å². The third kappa shape index (κ3) is 6.39. The average Bonchev–Trinajstić information content (AvgIpc) is 3.08. The van der Waals surface area contributed by atoms with Crippen LogP contribution < -0.4 is 10.1 Å². The molecule has 3 amide bonds. The predicted molar refractivity (Wildman–Crippen MR) is 140 cm³/mol. The Morgan fingerprint density at radius 3 is 2.49 bits per heavy atom. The van der Waals surface area contributed by atoms with Crippen molar-refractivity contribution in [3.8, 4) is 5.75 Å². The largest absolute Gasteiger partial charge is 0.488 e. The summed E-state index contributed by atoms with van der Waals surface area (Å²) in [6.07, 6.45) is 1.53. The molecule has 178 valence electrons. The molecule has 1 heterocycles. The van der Waals surface area contributed by atoms with E-state index < -0.39 is 23.6 Å². The summed E-state index contributed by atoms with van der Waals surface area (Å²) in [4.78, 5) is 38.8. The zero-order valence-corrected chi connectivity index (χ0v) is 22.0. The summed E-state index contributed by atoms with van der Waals surface area (Å²) in [6.45, 7) is -0.417. The van der Waals surface area contributed by atoms with Gasteiger partial charge in [-0.3, -0.25) is 19.3 Å². The van der Waals surface area contributed by atoms with Crippen molar-refractivity contribution in [3.05, 3.63) is 97.5 Å². The van der Waals surface area contributed by atoms with Crippen molar-refractivity contribution in [2.75, 3.05) is 11.9 Å². The molecule has 0 saturated carbocycles. The van der Waals surface area contributed by atoms with E-state index in [2.05, 4.69) is 37.2 Å². The number of imide groups is 1. The first-order valence-electron chi connectivity index (χ1n) is 10.3. The standard InChI is InChI=1S/C25H17Br2FN2O4S/c26-17-5-8-19(9-6-17)29-23(31)13-30-24(32)22(35-25(30)33)12-16-11-18(27)7-10-21(16)34-14-15-3-1-2-4-20(15)28/h1-12H,13-14H2,(H,29,31)/b22-12-. The van der Waals surface area contributed by atoms with Crippen LogP contribution in [0.15, 0.2) is 80.6 Å². The van der Waals surface area contributed by atoms with Crippen molar-refractivity contribution in [1.82, 2.24) is 4.90 Å². The van der Waals surface area contributed by atoms with E-state index in [0.717, 1.165) is 25.6 Å². The van der Waals surface area contributed by atoms with E-state index in [0.29, 0.717) is 22.6 Å². The van der Waals surface area contributed by atoms with Crippen LogP contribution in [0.25, 0.3) is 6.08 Å². The Morgan fingerprint density at radius 1 is 1.03 bits per heavy atom. The maximum Gasteiger partial charge on any atom is 0.294 e. The topological polar surface area (TPSA) is 75.7 Å². The highest BCUT2D eigenvalue weighted by molar-refractivity contribution is 9.10. The maximum absolute atomic E-state index is 14.0. The van der Waals surface area contributed by atoms with Crippen molar-refractivity contribution in [2.45, 2.75) is 6.61 Å². The summed E-state index contributed by atoms with van der Waals surface area (Å²) < 4.78 is 21.4. The number of hydrogen-bond donors (Lipinski definition) is 1. The molecule has 0 spiro atoms. The first-order valence-corrected chi connectivity index (χ1v) is 12.7. The van der Waals surface area contributed by atoms with Crippen molar-refractivity contribution >= 4 is 72.4 Å². The quantitative estimate of drug-likeness (QED) is 0.301. The Kier molecular flexibility index (Phi) is 8.04. The van der Waals surface area contributed by atoms with Gasteiger partial charge >= 0.3 is 0 Å². The third-order valence-corrected chi connectivity index (χ3v) is 6.83. The second-order valence-corrected chi connectivity index (χ2v) is 10.2. The lowest BCUT2D eigenvalue weighted by molar-refractivity contribution is -0.127. The molecular weight excluding hydrogens is 603 g/mol. The molecule has 0 aromatic heterocycles. The summed E-state index contributed by atoms with van der Waals surface area (Å²) in [5, 5.41) is 2.12. The SMILES string of the molecule is O=C(CN1C(=O)S/C(=C\c2cc(Br)ccc2OCc2ccccc2F)C1=O)Nc1ccc(Br)cc1. The summed E-state index contributed by atoms with van der Waals surface area (Å²) in [7, 11) is 0. The number of carbonyl (C=O) groups excluding carboxylic acids is 3. The number of carbonyl (C=O) groups is 3. The van der Waals surface area contributed by atoms with Crippen LogP contribution in [0.1, 0.15) is 11.1 Å². The Hall–Kier alpha value is -2.95. The van der Waals surface area contributed by atoms with Gasteiger partial charge in [0.2, 0.25) is 5.91 Å². The Labute approximate surface area is 221 Å². The molecule has 0 aliphatic carbocycles. The molecule has 0 radical (unpaired) electrons. The fourth-order valence-electron chi connectivity index (χ4n) is 3.19. The van der Waals surface area contributed by atoms with Gasteiger partial charge in [-0.25, -0.2) is 4.39 Å². The van der Waals surface area contributed by atoms with Gasteiger partial charge in [-0.1, -0.05) is 50.1 Å². The van der Waals surface area contributed by atoms with Gasteiger partial charge in [0, 0.05) is 25.8 Å². The number of nitrogens with one attached hydrogen (secondary N) is 1. The Balaban J connectivity index is 1.48. The highest BCUT2D eigenvalue weighted by Crippen LogP contribution is 2.35. The number of benzene rings is 3. The predicted octanol–water partition coefficient (Wildman–Crippen LogP) is 6.60. The highest BCUT2D eigenvalue weighted by Gasteiger charge is 2.36. The number of thioether (sulfide) groups is 1. The van der Waals surface area contributed by atoms with E-state index in [-0.39, 0.29) is 17.3 Å². The van der Waals surface area contributed by atoms with Gasteiger partial charge < -0.3 is 10.1 Å². The zero-order valence-electron chi connectivity index (χ0n) is 18.0. The average molecular weight is 620 g/mol. The number of rotatable bonds is 7. The molecule has 1 saturated heterocycles. The first-order chi connectivity index (χ1) is 16.8. The lowest BCUT2D eigenvalue weighted by Gasteiger charge is -2.13. The normalized spacial score (nSPS) is 14.5. The molecule has 0 atom stereocenters. The van der Waals surface area contributed by atoms with Crippen molar-refractivity contribution in [1.29, 1.82) is 0 Å². The van der Waals surface area contributed by atoms with Gasteiger partial charge in [0.15, 0.2) is 0 Å². The molecule has 1 aliphatic heterocycles. The highest BCUT2D eigenvalue weighted by atomic mass is 79.9. The number of halogens is 3. The summed E-state index contributed by atoms with van der Waals surface area (Å²) in [6, 6.07) is 18.4. The fraction of sp³-hybridized carbons (Fsp3) is 0.0800. The van der Waals surface area contributed by atoms with Crippen LogP contribution in [0.2, 0.25) is 0 Å². The minimum Gasteiger partial charge on any atom is -0.488 e. The van der Waals surface area contributed by atoms with Crippen LogP contribution in [-0.4, -0.2) is 28.5 Å². The maximum atomic E-state index is 14.0. The van der Waals surface area contributed by atoms with Gasteiger partial charge in [-0.05, 0) is 66.4 Å². The minimum atomic E-state index is -0.578. The molecule has 35 heavy (non-hydrogen) atoms. The van der Waals surface area contributed by atoms with Gasteiger partial charge in [0.1, 0.15) is 24.7 Å². The molecule has 1 aliphatic rings. The van der Waals surface area contributed by atoms with E-state index >= 15 is 0 Å². The van der Waals surface area contributed by atoms with Crippen LogP contribution >= 0.6 is 43.6 Å². The summed E-state index contributed by atoms with van der Waals surface area (Å²) >= 11 is 7.45. The van der Waals surface area contributed by atoms with Crippen molar-refractivity contribution < 1.29 is 23.5 Å². The van der Waals surface area contributed by atoms with Crippen LogP contribution in [0.4, 0.5) is 14.9 Å². The van der Waals surface area contributed by atoms with Gasteiger partial charge in [-0.15, -0.1) is 0 Å². The lowest BCUT2D eigenvalue weighted by Crippen LogP contribution is -2.36. The number of nitrogens with zero attached hydrogens (tertiary/aromatic N) is 1. The monoisotopic (exact) mass is 618 g/mol. The molecular formula is C25H17Br2FN2O4S. The van der Waals surface area contributed by atoms with E-state index in [1.54, 1.807) is 60.7 Å². The van der Waals surface area contributed by atoms with E-state index in [4.69, 9.17) is 4.74 Å². The van der Waals surface area contributed by atoms with E-state index in [1.807, 2.05) is 0 Å². The Bertz CT molecular complexity index is 1330.